The molecule has 2 fully saturated rings. The Balaban J connectivity index is 1.85. The van der Waals surface area contributed by atoms with E-state index in [9.17, 15) is 23.9 Å². The van der Waals surface area contributed by atoms with Gasteiger partial charge in [-0.25, -0.2) is 9.18 Å². The van der Waals surface area contributed by atoms with Crippen molar-refractivity contribution in [3.8, 4) is 0 Å². The molecule has 1 saturated carbocycles. The van der Waals surface area contributed by atoms with Gasteiger partial charge < -0.3 is 15.7 Å². The van der Waals surface area contributed by atoms with Gasteiger partial charge in [0.25, 0.3) is 5.91 Å². The van der Waals surface area contributed by atoms with Crippen molar-refractivity contribution in [1.29, 1.82) is 0 Å². The molecule has 8 heteroatoms. The number of carbonyl (C=O) groups excluding carboxylic acids is 2. The monoisotopic (exact) mass is 363 g/mol. The molecule has 0 aromatic heterocycles. The Morgan fingerprint density at radius 2 is 2.15 bits per heavy atom. The number of carboxylic acids is 1. The summed E-state index contributed by atoms with van der Waals surface area (Å²) in [5, 5.41) is 14.8. The van der Waals surface area contributed by atoms with Crippen LogP contribution in [-0.2, 0) is 4.79 Å². The molecular formula is C18H22FN3O4. The fourth-order valence-corrected chi connectivity index (χ4v) is 3.78. The largest absolute Gasteiger partial charge is 0.481 e. The number of hydrogen-bond donors (Lipinski definition) is 3. The van der Waals surface area contributed by atoms with E-state index in [0.717, 1.165) is 18.9 Å². The lowest BCUT2D eigenvalue weighted by Gasteiger charge is -2.39. The number of carbonyl (C=O) groups is 3. The van der Waals surface area contributed by atoms with E-state index in [1.807, 2.05) is 0 Å². The van der Waals surface area contributed by atoms with E-state index < -0.39 is 29.2 Å². The second-order valence-corrected chi connectivity index (χ2v) is 7.06. The number of hydrogen-bond acceptors (Lipinski definition) is 3. The van der Waals surface area contributed by atoms with Gasteiger partial charge in [-0.1, -0.05) is 12.8 Å². The van der Waals surface area contributed by atoms with E-state index in [1.165, 1.54) is 17.0 Å². The molecule has 0 bridgehead atoms. The summed E-state index contributed by atoms with van der Waals surface area (Å²) in [7, 11) is 0. The average Bonchev–Trinajstić information content (AvgIpc) is 3.01. The SMILES string of the molecule is CC1(NC(=O)c2cc(N3CCNC3=O)ccc2F)CCCCC1C(=O)O. The molecule has 0 spiro atoms. The summed E-state index contributed by atoms with van der Waals surface area (Å²) in [6, 6.07) is 3.62. The Hall–Kier alpha value is -2.64. The Morgan fingerprint density at radius 1 is 1.38 bits per heavy atom. The van der Waals surface area contributed by atoms with E-state index in [0.29, 0.717) is 31.6 Å². The van der Waals surface area contributed by atoms with Crippen LogP contribution in [0.4, 0.5) is 14.9 Å². The number of amides is 3. The first-order valence-corrected chi connectivity index (χ1v) is 8.72. The highest BCUT2D eigenvalue weighted by atomic mass is 19.1. The van der Waals surface area contributed by atoms with Crippen LogP contribution in [0.25, 0.3) is 0 Å². The number of nitrogens with zero attached hydrogens (tertiary/aromatic N) is 1. The maximum absolute atomic E-state index is 14.2. The summed E-state index contributed by atoms with van der Waals surface area (Å²) in [5.74, 6) is -3.05. The summed E-state index contributed by atoms with van der Waals surface area (Å²) < 4.78 is 14.2. The zero-order chi connectivity index (χ0) is 18.9. The van der Waals surface area contributed by atoms with Crippen molar-refractivity contribution in [1.82, 2.24) is 10.6 Å². The lowest BCUT2D eigenvalue weighted by atomic mass is 9.73. The molecule has 3 N–H and O–H groups in total. The number of halogens is 1. The van der Waals surface area contributed by atoms with Gasteiger partial charge >= 0.3 is 12.0 Å². The molecule has 1 heterocycles. The summed E-state index contributed by atoms with van der Waals surface area (Å²) >= 11 is 0. The highest BCUT2D eigenvalue weighted by Gasteiger charge is 2.42. The molecule has 1 saturated heterocycles. The fraction of sp³-hybridized carbons (Fsp3) is 0.500. The van der Waals surface area contributed by atoms with Crippen LogP contribution in [0.15, 0.2) is 18.2 Å². The quantitative estimate of drug-likeness (QED) is 0.763. The second kappa shape index (κ2) is 6.93. The van der Waals surface area contributed by atoms with Gasteiger partial charge in [0.1, 0.15) is 5.82 Å². The second-order valence-electron chi connectivity index (χ2n) is 7.06. The third-order valence-electron chi connectivity index (χ3n) is 5.27. The van der Waals surface area contributed by atoms with E-state index in [1.54, 1.807) is 6.92 Å². The summed E-state index contributed by atoms with van der Waals surface area (Å²) in [5.41, 5.74) is -0.706. The molecule has 2 atom stereocenters. The minimum absolute atomic E-state index is 0.196. The summed E-state index contributed by atoms with van der Waals surface area (Å²) in [6.07, 6.45) is 2.58. The topological polar surface area (TPSA) is 98.7 Å². The molecule has 3 rings (SSSR count). The number of urea groups is 1. The molecule has 26 heavy (non-hydrogen) atoms. The number of nitrogens with one attached hydrogen (secondary N) is 2. The molecular weight excluding hydrogens is 341 g/mol. The van der Waals surface area contributed by atoms with E-state index in [2.05, 4.69) is 10.6 Å². The van der Waals surface area contributed by atoms with E-state index in [-0.39, 0.29) is 11.6 Å². The van der Waals surface area contributed by atoms with Crippen LogP contribution in [0.3, 0.4) is 0 Å². The van der Waals surface area contributed by atoms with Gasteiger partial charge in [-0.05, 0) is 38.0 Å². The molecule has 1 aliphatic heterocycles. The number of benzene rings is 1. The molecule has 1 aromatic rings. The minimum atomic E-state index is -0.963. The van der Waals surface area contributed by atoms with Gasteiger partial charge in [-0.15, -0.1) is 0 Å². The van der Waals surface area contributed by atoms with Gasteiger partial charge in [0.2, 0.25) is 0 Å². The van der Waals surface area contributed by atoms with Crippen LogP contribution in [0, 0.1) is 11.7 Å². The standard InChI is InChI=1S/C18H22FN3O4/c1-18(7-3-2-4-13(18)16(24)25)21-15(23)12-10-11(5-6-14(12)19)22-9-8-20-17(22)26/h5-6,10,13H,2-4,7-9H2,1H3,(H,20,26)(H,21,23)(H,24,25). The number of rotatable bonds is 4. The van der Waals surface area contributed by atoms with Crippen LogP contribution in [-0.4, -0.2) is 41.6 Å². The van der Waals surface area contributed by atoms with E-state index in [4.69, 9.17) is 0 Å². The predicted molar refractivity (Wildman–Crippen MR) is 92.6 cm³/mol. The average molecular weight is 363 g/mol. The highest BCUT2D eigenvalue weighted by molar-refractivity contribution is 5.99. The van der Waals surface area contributed by atoms with Crippen LogP contribution >= 0.6 is 0 Å². The van der Waals surface area contributed by atoms with Crippen molar-refractivity contribution in [2.24, 2.45) is 5.92 Å². The molecule has 3 amide bonds. The third kappa shape index (κ3) is 3.36. The Morgan fingerprint density at radius 3 is 2.81 bits per heavy atom. The lowest BCUT2D eigenvalue weighted by Crippen LogP contribution is -2.55. The maximum Gasteiger partial charge on any atom is 0.321 e. The fourth-order valence-electron chi connectivity index (χ4n) is 3.78. The molecule has 2 unspecified atom stereocenters. The first-order valence-electron chi connectivity index (χ1n) is 8.72. The van der Waals surface area contributed by atoms with Crippen LogP contribution in [0.1, 0.15) is 43.0 Å². The number of aliphatic carboxylic acids is 1. The first kappa shape index (κ1) is 18.2. The van der Waals surface area contributed by atoms with Gasteiger partial charge in [0.05, 0.1) is 17.0 Å². The van der Waals surface area contributed by atoms with Gasteiger partial charge in [0.15, 0.2) is 0 Å². The predicted octanol–water partition coefficient (Wildman–Crippen LogP) is 2.12. The van der Waals surface area contributed by atoms with Crippen molar-refractivity contribution in [3.63, 3.8) is 0 Å². The summed E-state index contributed by atoms with van der Waals surface area (Å²) in [6.45, 7) is 2.61. The molecule has 1 aliphatic carbocycles. The van der Waals surface area contributed by atoms with Crippen LogP contribution in [0.5, 0.6) is 0 Å². The Kier molecular flexibility index (Phi) is 4.84. The van der Waals surface area contributed by atoms with Crippen molar-refractivity contribution in [3.05, 3.63) is 29.6 Å². The van der Waals surface area contributed by atoms with Crippen molar-refractivity contribution in [2.75, 3.05) is 18.0 Å². The maximum atomic E-state index is 14.2. The molecule has 0 radical (unpaired) electrons. The van der Waals surface area contributed by atoms with Crippen LogP contribution in [0.2, 0.25) is 0 Å². The van der Waals surface area contributed by atoms with Gasteiger partial charge in [-0.2, -0.15) is 0 Å². The summed E-state index contributed by atoms with van der Waals surface area (Å²) in [4.78, 5) is 37.4. The minimum Gasteiger partial charge on any atom is -0.481 e. The smallest absolute Gasteiger partial charge is 0.321 e. The zero-order valence-electron chi connectivity index (χ0n) is 14.5. The van der Waals surface area contributed by atoms with Gasteiger partial charge in [0, 0.05) is 18.8 Å². The lowest BCUT2D eigenvalue weighted by molar-refractivity contribution is -0.145. The van der Waals surface area contributed by atoms with Crippen LogP contribution < -0.4 is 15.5 Å². The highest BCUT2D eigenvalue weighted by Crippen LogP contribution is 2.34. The molecule has 2 aliphatic rings. The third-order valence-corrected chi connectivity index (χ3v) is 5.27. The van der Waals surface area contributed by atoms with Gasteiger partial charge in [-0.3, -0.25) is 14.5 Å². The Bertz CT molecular complexity index is 754. The molecule has 1 aromatic carbocycles. The Labute approximate surface area is 150 Å². The molecule has 140 valence electrons. The normalized spacial score (nSPS) is 25.7. The molecule has 7 nitrogen and oxygen atoms in total. The van der Waals surface area contributed by atoms with Crippen molar-refractivity contribution in [2.45, 2.75) is 38.1 Å². The van der Waals surface area contributed by atoms with Crippen molar-refractivity contribution < 1.29 is 23.9 Å². The zero-order valence-corrected chi connectivity index (χ0v) is 14.5. The first-order chi connectivity index (χ1) is 12.3. The van der Waals surface area contributed by atoms with Crippen molar-refractivity contribution >= 4 is 23.6 Å². The number of anilines is 1. The number of carboxylic acid groups (broad SMARTS) is 1. The van der Waals surface area contributed by atoms with E-state index >= 15 is 0 Å².